The molecule has 1 atom stereocenters. The van der Waals surface area contributed by atoms with Crippen molar-refractivity contribution < 1.29 is 4.79 Å². The van der Waals surface area contributed by atoms with Gasteiger partial charge in [0.15, 0.2) is 0 Å². The summed E-state index contributed by atoms with van der Waals surface area (Å²) in [4.78, 5) is 13.5. The minimum atomic E-state index is 0.143. The van der Waals surface area contributed by atoms with Gasteiger partial charge in [-0.2, -0.15) is 0 Å². The summed E-state index contributed by atoms with van der Waals surface area (Å²) in [6, 6.07) is 6.28. The van der Waals surface area contributed by atoms with Crippen molar-refractivity contribution >= 4 is 21.8 Å². The molecule has 0 saturated heterocycles. The third-order valence-corrected chi connectivity index (χ3v) is 3.38. The lowest BCUT2D eigenvalue weighted by Gasteiger charge is -2.15. The molecular formula is C12H14BrNO. The quantitative estimate of drug-likeness (QED) is 0.765. The highest BCUT2D eigenvalue weighted by Crippen LogP contribution is 2.29. The van der Waals surface area contributed by atoms with Crippen LogP contribution in [0, 0.1) is 5.92 Å². The van der Waals surface area contributed by atoms with E-state index < -0.39 is 0 Å². The van der Waals surface area contributed by atoms with E-state index in [2.05, 4.69) is 28.1 Å². The summed E-state index contributed by atoms with van der Waals surface area (Å²) >= 11 is 3.46. The fourth-order valence-electron chi connectivity index (χ4n) is 2.13. The summed E-state index contributed by atoms with van der Waals surface area (Å²) in [5.41, 5.74) is 2.63. The molecule has 80 valence electrons. The Balaban J connectivity index is 2.19. The fraction of sp³-hybridized carbons (Fsp3) is 0.417. The van der Waals surface area contributed by atoms with Crippen molar-refractivity contribution in [2.45, 2.75) is 12.8 Å². The lowest BCUT2D eigenvalue weighted by atomic mass is 10.1. The molecule has 2 rings (SSSR count). The molecule has 0 spiro atoms. The molecule has 0 heterocycles. The van der Waals surface area contributed by atoms with E-state index in [9.17, 15) is 4.79 Å². The van der Waals surface area contributed by atoms with Crippen LogP contribution in [0.15, 0.2) is 22.7 Å². The van der Waals surface area contributed by atoms with E-state index in [1.807, 2.05) is 20.2 Å². The van der Waals surface area contributed by atoms with Crippen LogP contribution in [-0.2, 0) is 17.6 Å². The molecule has 0 radical (unpaired) electrons. The Hall–Kier alpha value is -0.830. The molecule has 1 aliphatic carbocycles. The van der Waals surface area contributed by atoms with E-state index in [0.717, 1.165) is 17.3 Å². The number of hydrogen-bond donors (Lipinski definition) is 0. The number of nitrogens with zero attached hydrogens (tertiary/aromatic N) is 1. The van der Waals surface area contributed by atoms with E-state index in [1.54, 1.807) is 4.90 Å². The molecule has 15 heavy (non-hydrogen) atoms. The highest BCUT2D eigenvalue weighted by Gasteiger charge is 2.28. The first-order valence-corrected chi connectivity index (χ1v) is 5.85. The average Bonchev–Trinajstić information content (AvgIpc) is 2.58. The summed E-state index contributed by atoms with van der Waals surface area (Å²) in [6.45, 7) is 0. The van der Waals surface area contributed by atoms with Crippen molar-refractivity contribution in [3.63, 3.8) is 0 Å². The third-order valence-electron chi connectivity index (χ3n) is 2.89. The van der Waals surface area contributed by atoms with Gasteiger partial charge in [-0.15, -0.1) is 0 Å². The Labute approximate surface area is 98.4 Å². The molecule has 0 bridgehead atoms. The Morgan fingerprint density at radius 3 is 2.67 bits per heavy atom. The summed E-state index contributed by atoms with van der Waals surface area (Å²) in [7, 11) is 3.64. The molecule has 2 nitrogen and oxygen atoms in total. The second-order valence-electron chi connectivity index (χ2n) is 4.25. The number of halogens is 1. The molecule has 0 fully saturated rings. The Kier molecular flexibility index (Phi) is 2.83. The highest BCUT2D eigenvalue weighted by molar-refractivity contribution is 9.10. The maximum Gasteiger partial charge on any atom is 0.225 e. The van der Waals surface area contributed by atoms with Gasteiger partial charge >= 0.3 is 0 Å². The van der Waals surface area contributed by atoms with E-state index in [-0.39, 0.29) is 11.8 Å². The number of benzene rings is 1. The van der Waals surface area contributed by atoms with Gasteiger partial charge in [0.1, 0.15) is 0 Å². The van der Waals surface area contributed by atoms with Crippen LogP contribution >= 0.6 is 15.9 Å². The SMILES string of the molecule is CN(C)C(=O)C1Cc2ccc(Br)cc2C1. The second kappa shape index (κ2) is 3.97. The normalized spacial score (nSPS) is 18.7. The number of carbonyl (C=O) groups excluding carboxylic acids is 1. The molecular weight excluding hydrogens is 254 g/mol. The maximum absolute atomic E-state index is 11.8. The van der Waals surface area contributed by atoms with Crippen LogP contribution in [0.4, 0.5) is 0 Å². The van der Waals surface area contributed by atoms with Gasteiger partial charge in [0, 0.05) is 24.5 Å². The summed E-state index contributed by atoms with van der Waals surface area (Å²) in [5, 5.41) is 0. The van der Waals surface area contributed by atoms with Crippen LogP contribution in [0.5, 0.6) is 0 Å². The minimum Gasteiger partial charge on any atom is -0.349 e. The monoisotopic (exact) mass is 267 g/mol. The third kappa shape index (κ3) is 2.07. The average molecular weight is 268 g/mol. The van der Waals surface area contributed by atoms with Crippen LogP contribution in [0.1, 0.15) is 11.1 Å². The summed E-state index contributed by atoms with van der Waals surface area (Å²) in [6.07, 6.45) is 1.77. The highest BCUT2D eigenvalue weighted by atomic mass is 79.9. The van der Waals surface area contributed by atoms with Gasteiger partial charge in [0.05, 0.1) is 0 Å². The molecule has 0 aromatic heterocycles. The Morgan fingerprint density at radius 2 is 2.00 bits per heavy atom. The molecule has 1 aliphatic rings. The number of carbonyl (C=O) groups is 1. The van der Waals surface area contributed by atoms with Crippen molar-refractivity contribution in [3.05, 3.63) is 33.8 Å². The zero-order valence-electron chi connectivity index (χ0n) is 8.96. The maximum atomic E-state index is 11.8. The van der Waals surface area contributed by atoms with Crippen molar-refractivity contribution in [2.24, 2.45) is 5.92 Å². The predicted molar refractivity (Wildman–Crippen MR) is 63.7 cm³/mol. The van der Waals surface area contributed by atoms with E-state index in [0.29, 0.717) is 0 Å². The van der Waals surface area contributed by atoms with Gasteiger partial charge < -0.3 is 4.90 Å². The summed E-state index contributed by atoms with van der Waals surface area (Å²) in [5.74, 6) is 0.381. The van der Waals surface area contributed by atoms with E-state index in [1.165, 1.54) is 11.1 Å². The smallest absolute Gasteiger partial charge is 0.225 e. The molecule has 0 aliphatic heterocycles. The van der Waals surface area contributed by atoms with Crippen LogP contribution < -0.4 is 0 Å². The number of hydrogen-bond acceptors (Lipinski definition) is 1. The molecule has 1 aromatic carbocycles. The molecule has 1 amide bonds. The van der Waals surface area contributed by atoms with E-state index >= 15 is 0 Å². The van der Waals surface area contributed by atoms with Crippen molar-refractivity contribution in [1.82, 2.24) is 4.90 Å². The first-order chi connectivity index (χ1) is 7.08. The topological polar surface area (TPSA) is 20.3 Å². The van der Waals surface area contributed by atoms with Gasteiger partial charge in [-0.05, 0) is 36.1 Å². The zero-order chi connectivity index (χ0) is 11.0. The molecule has 0 N–H and O–H groups in total. The molecule has 0 saturated carbocycles. The molecule has 1 unspecified atom stereocenters. The fourth-order valence-corrected chi connectivity index (χ4v) is 2.54. The van der Waals surface area contributed by atoms with E-state index in [4.69, 9.17) is 0 Å². The van der Waals surface area contributed by atoms with Gasteiger partial charge in [-0.25, -0.2) is 0 Å². The lowest BCUT2D eigenvalue weighted by Crippen LogP contribution is -2.29. The van der Waals surface area contributed by atoms with Gasteiger partial charge in [0.25, 0.3) is 0 Å². The standard InChI is InChI=1S/C12H14BrNO/c1-14(2)12(15)10-5-8-3-4-11(13)7-9(8)6-10/h3-4,7,10H,5-6H2,1-2H3. The van der Waals surface area contributed by atoms with Gasteiger partial charge in [0.2, 0.25) is 5.91 Å². The second-order valence-corrected chi connectivity index (χ2v) is 5.17. The van der Waals surface area contributed by atoms with Crippen LogP contribution in [-0.4, -0.2) is 24.9 Å². The Morgan fingerprint density at radius 1 is 1.33 bits per heavy atom. The minimum absolute atomic E-state index is 0.143. The van der Waals surface area contributed by atoms with Crippen molar-refractivity contribution in [1.29, 1.82) is 0 Å². The van der Waals surface area contributed by atoms with Crippen LogP contribution in [0.25, 0.3) is 0 Å². The van der Waals surface area contributed by atoms with Gasteiger partial charge in [-0.1, -0.05) is 22.0 Å². The van der Waals surface area contributed by atoms with Crippen molar-refractivity contribution in [3.8, 4) is 0 Å². The van der Waals surface area contributed by atoms with Crippen LogP contribution in [0.3, 0.4) is 0 Å². The number of rotatable bonds is 1. The molecule has 3 heteroatoms. The Bertz CT molecular complexity index is 401. The number of amides is 1. The van der Waals surface area contributed by atoms with Gasteiger partial charge in [-0.3, -0.25) is 4.79 Å². The largest absolute Gasteiger partial charge is 0.349 e. The first kappa shape index (κ1) is 10.7. The lowest BCUT2D eigenvalue weighted by molar-refractivity contribution is -0.132. The molecule has 1 aromatic rings. The zero-order valence-corrected chi connectivity index (χ0v) is 10.5. The first-order valence-electron chi connectivity index (χ1n) is 5.06. The van der Waals surface area contributed by atoms with Crippen LogP contribution in [0.2, 0.25) is 0 Å². The van der Waals surface area contributed by atoms with Crippen molar-refractivity contribution in [2.75, 3.05) is 14.1 Å². The summed E-state index contributed by atoms with van der Waals surface area (Å²) < 4.78 is 1.10. The number of fused-ring (bicyclic) bond motifs is 1. The predicted octanol–water partition coefficient (Wildman–Crippen LogP) is 2.25.